The quantitative estimate of drug-likeness (QED) is 0.573. The third-order valence-corrected chi connectivity index (χ3v) is 2.10. The van der Waals surface area contributed by atoms with Crippen molar-refractivity contribution in [3.63, 3.8) is 0 Å². The molecule has 0 heterocycles. The van der Waals surface area contributed by atoms with Crippen LogP contribution in [0, 0.1) is 5.82 Å². The summed E-state index contributed by atoms with van der Waals surface area (Å²) in [6, 6.07) is 0.910. The van der Waals surface area contributed by atoms with E-state index in [-0.39, 0.29) is 0 Å². The highest BCUT2D eigenvalue weighted by Gasteiger charge is 2.36. The zero-order valence-corrected chi connectivity index (χ0v) is 7.77. The smallest absolute Gasteiger partial charge is 0.423 e. The maximum Gasteiger partial charge on any atom is 0.493 e. The van der Waals surface area contributed by atoms with Gasteiger partial charge in [0.2, 0.25) is 0 Å². The van der Waals surface area contributed by atoms with E-state index in [4.69, 9.17) is 21.6 Å². The second kappa shape index (κ2) is 4.00. The number of halogens is 5. The first-order chi connectivity index (χ1) is 6.75. The molecule has 0 fully saturated rings. The van der Waals surface area contributed by atoms with Crippen LogP contribution >= 0.6 is 11.6 Å². The monoisotopic (exact) mass is 242 g/mol. The molecule has 1 rings (SSSR count). The van der Waals surface area contributed by atoms with Crippen LogP contribution in [-0.4, -0.2) is 17.2 Å². The second-order valence-electron chi connectivity index (χ2n) is 2.69. The minimum atomic E-state index is -4.77. The van der Waals surface area contributed by atoms with Gasteiger partial charge >= 0.3 is 13.3 Å². The van der Waals surface area contributed by atoms with E-state index in [1.807, 2.05) is 0 Å². The minimum absolute atomic E-state index is 0.434. The molecule has 0 aromatic heterocycles. The number of alkyl halides is 3. The van der Waals surface area contributed by atoms with Gasteiger partial charge < -0.3 is 10.0 Å². The molecular formula is C7H4BClF4O2. The average Bonchev–Trinajstić information content (AvgIpc) is 2.00. The Bertz CT molecular complexity index is 380. The summed E-state index contributed by atoms with van der Waals surface area (Å²) in [5.74, 6) is -1.21. The van der Waals surface area contributed by atoms with Crippen molar-refractivity contribution in [1.29, 1.82) is 0 Å². The molecule has 15 heavy (non-hydrogen) atoms. The molecule has 2 N–H and O–H groups in total. The summed E-state index contributed by atoms with van der Waals surface area (Å²) in [5, 5.41) is 16.2. The van der Waals surface area contributed by atoms with Crippen LogP contribution in [0.15, 0.2) is 12.1 Å². The van der Waals surface area contributed by atoms with Crippen molar-refractivity contribution in [3.8, 4) is 0 Å². The van der Waals surface area contributed by atoms with Crippen molar-refractivity contribution in [2.24, 2.45) is 0 Å². The Kier molecular flexibility index (Phi) is 3.27. The zero-order valence-electron chi connectivity index (χ0n) is 7.02. The molecular weight excluding hydrogens is 238 g/mol. The van der Waals surface area contributed by atoms with Gasteiger partial charge in [-0.3, -0.25) is 0 Å². The Morgan fingerprint density at radius 2 is 1.73 bits per heavy atom. The number of benzene rings is 1. The van der Waals surface area contributed by atoms with Crippen LogP contribution in [0.1, 0.15) is 5.56 Å². The molecule has 82 valence electrons. The minimum Gasteiger partial charge on any atom is -0.423 e. The molecule has 0 radical (unpaired) electrons. The van der Waals surface area contributed by atoms with Crippen molar-refractivity contribution >= 4 is 24.2 Å². The Hall–Kier alpha value is -0.785. The van der Waals surface area contributed by atoms with Gasteiger partial charge in [-0.2, -0.15) is 13.2 Å². The van der Waals surface area contributed by atoms with Gasteiger partial charge in [0.15, 0.2) is 0 Å². The van der Waals surface area contributed by atoms with Gasteiger partial charge in [-0.25, -0.2) is 4.39 Å². The Labute approximate surface area is 87.2 Å². The SMILES string of the molecule is OB(O)c1c(F)ccc(C(F)(F)F)c1Cl. The maximum atomic E-state index is 12.9. The summed E-state index contributed by atoms with van der Waals surface area (Å²) in [4.78, 5) is 0. The van der Waals surface area contributed by atoms with Gasteiger partial charge in [0.25, 0.3) is 0 Å². The van der Waals surface area contributed by atoms with E-state index in [0.717, 1.165) is 0 Å². The van der Waals surface area contributed by atoms with Crippen LogP contribution in [0.4, 0.5) is 17.6 Å². The van der Waals surface area contributed by atoms with E-state index in [1.54, 1.807) is 0 Å². The molecule has 0 atom stereocenters. The van der Waals surface area contributed by atoms with E-state index >= 15 is 0 Å². The molecule has 1 aromatic rings. The third-order valence-electron chi connectivity index (χ3n) is 1.69. The lowest BCUT2D eigenvalue weighted by molar-refractivity contribution is -0.137. The molecule has 0 spiro atoms. The molecule has 0 bridgehead atoms. The van der Waals surface area contributed by atoms with Crippen molar-refractivity contribution < 1.29 is 27.6 Å². The summed E-state index contributed by atoms with van der Waals surface area (Å²) in [5.41, 5.74) is -2.29. The molecule has 0 unspecified atom stereocenters. The number of rotatable bonds is 1. The first kappa shape index (κ1) is 12.3. The lowest BCUT2D eigenvalue weighted by Crippen LogP contribution is -2.35. The standard InChI is InChI=1S/C7H4BClF4O2/c9-6-3(7(11,12)13)1-2-4(10)5(6)8(14)15/h1-2,14-15H. The van der Waals surface area contributed by atoms with Crippen LogP contribution in [0.25, 0.3) is 0 Å². The van der Waals surface area contributed by atoms with Crippen LogP contribution in [0.5, 0.6) is 0 Å². The lowest BCUT2D eigenvalue weighted by Gasteiger charge is -2.12. The molecule has 8 heteroatoms. The predicted molar refractivity (Wildman–Crippen MR) is 46.2 cm³/mol. The second-order valence-corrected chi connectivity index (χ2v) is 3.07. The third kappa shape index (κ3) is 2.42. The van der Waals surface area contributed by atoms with Crippen molar-refractivity contribution in [1.82, 2.24) is 0 Å². The number of hydrogen-bond donors (Lipinski definition) is 2. The maximum absolute atomic E-state index is 12.9. The molecule has 0 saturated heterocycles. The molecule has 0 aliphatic carbocycles. The Morgan fingerprint density at radius 3 is 2.13 bits per heavy atom. The molecule has 2 nitrogen and oxygen atoms in total. The summed E-state index contributed by atoms with van der Waals surface area (Å²) < 4.78 is 49.7. The highest BCUT2D eigenvalue weighted by Crippen LogP contribution is 2.33. The van der Waals surface area contributed by atoms with Crippen LogP contribution in [-0.2, 0) is 6.18 Å². The van der Waals surface area contributed by atoms with Crippen molar-refractivity contribution in [2.45, 2.75) is 6.18 Å². The Balaban J connectivity index is 3.42. The van der Waals surface area contributed by atoms with E-state index in [9.17, 15) is 17.6 Å². The molecule has 0 aliphatic rings. The predicted octanol–water partition coefficient (Wildman–Crippen LogP) is 1.18. The fraction of sp³-hybridized carbons (Fsp3) is 0.143. The summed E-state index contributed by atoms with van der Waals surface area (Å²) >= 11 is 5.21. The van der Waals surface area contributed by atoms with E-state index in [0.29, 0.717) is 12.1 Å². The Morgan fingerprint density at radius 1 is 1.20 bits per heavy atom. The van der Waals surface area contributed by atoms with Crippen molar-refractivity contribution in [3.05, 3.63) is 28.5 Å². The highest BCUT2D eigenvalue weighted by atomic mass is 35.5. The lowest BCUT2D eigenvalue weighted by atomic mass is 9.79. The topological polar surface area (TPSA) is 40.5 Å². The van der Waals surface area contributed by atoms with Gasteiger partial charge in [-0.05, 0) is 12.1 Å². The van der Waals surface area contributed by atoms with Crippen LogP contribution < -0.4 is 5.46 Å². The first-order valence-corrected chi connectivity index (χ1v) is 4.04. The van der Waals surface area contributed by atoms with Gasteiger partial charge in [0.1, 0.15) is 5.82 Å². The fourth-order valence-corrected chi connectivity index (χ4v) is 1.38. The van der Waals surface area contributed by atoms with Crippen molar-refractivity contribution in [2.75, 3.05) is 0 Å². The summed E-state index contributed by atoms with van der Waals surface area (Å²) in [6.45, 7) is 0. The largest absolute Gasteiger partial charge is 0.493 e. The summed E-state index contributed by atoms with van der Waals surface area (Å²) in [6.07, 6.45) is -4.77. The van der Waals surface area contributed by atoms with Gasteiger partial charge in [0.05, 0.1) is 10.6 Å². The molecule has 1 aromatic carbocycles. The number of hydrogen-bond acceptors (Lipinski definition) is 2. The van der Waals surface area contributed by atoms with Crippen LogP contribution in [0.3, 0.4) is 0 Å². The van der Waals surface area contributed by atoms with E-state index in [2.05, 4.69) is 0 Å². The van der Waals surface area contributed by atoms with Gasteiger partial charge in [-0.1, -0.05) is 11.6 Å². The molecule has 0 amide bonds. The summed E-state index contributed by atoms with van der Waals surface area (Å²) in [7, 11) is -2.39. The van der Waals surface area contributed by atoms with Gasteiger partial charge in [0, 0.05) is 5.46 Å². The van der Waals surface area contributed by atoms with Gasteiger partial charge in [-0.15, -0.1) is 0 Å². The highest BCUT2D eigenvalue weighted by molar-refractivity contribution is 6.63. The fourth-order valence-electron chi connectivity index (χ4n) is 1.02. The van der Waals surface area contributed by atoms with E-state index in [1.165, 1.54) is 0 Å². The average molecular weight is 242 g/mol. The molecule has 0 saturated carbocycles. The zero-order chi connectivity index (χ0) is 11.8. The normalized spacial score (nSPS) is 11.7. The van der Waals surface area contributed by atoms with E-state index < -0.39 is 35.2 Å². The molecule has 0 aliphatic heterocycles. The first-order valence-electron chi connectivity index (χ1n) is 3.66. The van der Waals surface area contributed by atoms with Crippen LogP contribution in [0.2, 0.25) is 5.02 Å².